The van der Waals surface area contributed by atoms with Crippen LogP contribution in [0.15, 0.2) is 42.5 Å². The minimum absolute atomic E-state index is 0.0746. The van der Waals surface area contributed by atoms with Gasteiger partial charge >= 0.3 is 0 Å². The van der Waals surface area contributed by atoms with Crippen molar-refractivity contribution in [2.24, 2.45) is 0 Å². The summed E-state index contributed by atoms with van der Waals surface area (Å²) in [4.78, 5) is 19.3. The molecule has 5 nitrogen and oxygen atoms in total. The number of benzene rings is 2. The highest BCUT2D eigenvalue weighted by atomic mass is 32.1. The Morgan fingerprint density at radius 2 is 1.88 bits per heavy atom. The second kappa shape index (κ2) is 9.47. The van der Waals surface area contributed by atoms with Crippen molar-refractivity contribution in [1.29, 1.82) is 0 Å². The Bertz CT molecular complexity index is 1190. The van der Waals surface area contributed by atoms with Crippen LogP contribution in [0, 0.1) is 18.2 Å². The summed E-state index contributed by atoms with van der Waals surface area (Å²) >= 11 is 1.25. The zero-order valence-electron chi connectivity index (χ0n) is 17.5. The van der Waals surface area contributed by atoms with Crippen LogP contribution in [0.25, 0.3) is 26.4 Å². The first kappa shape index (κ1) is 21.9. The molecule has 2 heterocycles. The largest absolute Gasteiger partial charge is 0.494 e. The summed E-state index contributed by atoms with van der Waals surface area (Å²) in [6, 6.07) is 10.7. The second-order valence-corrected chi connectivity index (χ2v) is 8.43. The maximum atomic E-state index is 14.4. The molecule has 1 saturated heterocycles. The van der Waals surface area contributed by atoms with Crippen LogP contribution in [-0.2, 0) is 0 Å². The molecule has 0 radical (unpaired) electrons. The van der Waals surface area contributed by atoms with Crippen LogP contribution in [0.4, 0.5) is 14.5 Å². The normalized spacial score (nSPS) is 14.0. The number of nitrogens with zero attached hydrogens (tertiary/aromatic N) is 2. The molecule has 4 rings (SSSR count). The van der Waals surface area contributed by atoms with Gasteiger partial charge in [-0.05, 0) is 54.4 Å². The van der Waals surface area contributed by atoms with E-state index in [2.05, 4.69) is 10.2 Å². The number of rotatable bonds is 4. The zero-order chi connectivity index (χ0) is 22.7. The van der Waals surface area contributed by atoms with E-state index in [1.807, 2.05) is 0 Å². The van der Waals surface area contributed by atoms with Crippen LogP contribution in [0.2, 0.25) is 0 Å². The number of ether oxygens (including phenoxy) is 1. The van der Waals surface area contributed by atoms with Crippen molar-refractivity contribution in [1.82, 2.24) is 10.2 Å². The van der Waals surface area contributed by atoms with Crippen LogP contribution in [0.5, 0.6) is 5.75 Å². The SMILES string of the molecule is [C-]#[N+]c1ccc(-c2cc(C(=O)N3CCCNCC3)sc2-c2ccc(OC)c(F)c2)cc1F. The summed E-state index contributed by atoms with van der Waals surface area (Å²) in [6.07, 6.45) is 0.865. The molecule has 32 heavy (non-hydrogen) atoms. The van der Waals surface area contributed by atoms with Gasteiger partial charge in [-0.3, -0.25) is 4.79 Å². The summed E-state index contributed by atoms with van der Waals surface area (Å²) in [6.45, 7) is 9.91. The van der Waals surface area contributed by atoms with Gasteiger partial charge in [-0.25, -0.2) is 13.6 Å². The van der Waals surface area contributed by atoms with Gasteiger partial charge in [0.05, 0.1) is 18.6 Å². The Hall–Kier alpha value is -3.28. The maximum absolute atomic E-state index is 14.4. The summed E-state index contributed by atoms with van der Waals surface area (Å²) in [5, 5.41) is 3.28. The third-order valence-corrected chi connectivity index (χ3v) is 6.54. The molecule has 1 aliphatic heterocycles. The predicted molar refractivity (Wildman–Crippen MR) is 121 cm³/mol. The fourth-order valence-corrected chi connectivity index (χ4v) is 4.85. The molecule has 1 fully saturated rings. The summed E-state index contributed by atoms with van der Waals surface area (Å²) < 4.78 is 33.8. The molecule has 3 aromatic rings. The molecular weight excluding hydrogens is 432 g/mol. The highest BCUT2D eigenvalue weighted by molar-refractivity contribution is 7.18. The van der Waals surface area contributed by atoms with E-state index in [0.29, 0.717) is 39.5 Å². The second-order valence-electron chi connectivity index (χ2n) is 7.38. The van der Waals surface area contributed by atoms with Gasteiger partial charge in [0.2, 0.25) is 5.69 Å². The van der Waals surface area contributed by atoms with Gasteiger partial charge in [0, 0.05) is 30.1 Å². The molecule has 0 bridgehead atoms. The number of halogens is 2. The molecule has 0 unspecified atom stereocenters. The molecule has 1 aliphatic rings. The van der Waals surface area contributed by atoms with Crippen molar-refractivity contribution >= 4 is 22.9 Å². The molecule has 0 saturated carbocycles. The van der Waals surface area contributed by atoms with Crippen molar-refractivity contribution in [2.45, 2.75) is 6.42 Å². The number of methoxy groups -OCH3 is 1. The van der Waals surface area contributed by atoms with E-state index in [4.69, 9.17) is 11.3 Å². The lowest BCUT2D eigenvalue weighted by Gasteiger charge is -2.18. The third kappa shape index (κ3) is 4.35. The first-order valence-corrected chi connectivity index (χ1v) is 11.0. The fraction of sp³-hybridized carbons (Fsp3) is 0.250. The smallest absolute Gasteiger partial charge is 0.264 e. The van der Waals surface area contributed by atoms with E-state index in [1.165, 1.54) is 42.7 Å². The van der Waals surface area contributed by atoms with Gasteiger partial charge in [-0.1, -0.05) is 12.1 Å². The van der Waals surface area contributed by atoms with Gasteiger partial charge in [-0.2, -0.15) is 0 Å². The average molecular weight is 454 g/mol. The van der Waals surface area contributed by atoms with Crippen molar-refractivity contribution in [2.75, 3.05) is 33.3 Å². The van der Waals surface area contributed by atoms with E-state index in [1.54, 1.807) is 23.1 Å². The molecule has 0 aliphatic carbocycles. The maximum Gasteiger partial charge on any atom is 0.264 e. The Morgan fingerprint density at radius 3 is 2.59 bits per heavy atom. The Labute approximate surface area is 189 Å². The zero-order valence-corrected chi connectivity index (χ0v) is 18.3. The number of nitrogens with one attached hydrogen (secondary N) is 1. The highest BCUT2D eigenvalue weighted by Gasteiger charge is 2.23. The van der Waals surface area contributed by atoms with Gasteiger partial charge < -0.3 is 15.0 Å². The molecular formula is C24H21F2N3O2S. The molecule has 8 heteroatoms. The molecule has 2 aromatic carbocycles. The Balaban J connectivity index is 1.81. The number of hydrogen-bond donors (Lipinski definition) is 1. The standard InChI is InChI=1S/C24H21F2N3O2S/c1-27-20-6-4-15(12-18(20)25)17-14-22(24(30)29-10-3-8-28-9-11-29)32-23(17)16-5-7-21(31-2)19(26)13-16/h4-7,12-14,28H,3,8-11H2,2H3. The van der Waals surface area contributed by atoms with Gasteiger partial charge in [-0.15, -0.1) is 11.3 Å². The predicted octanol–water partition coefficient (Wildman–Crippen LogP) is 5.36. The van der Waals surface area contributed by atoms with Crippen LogP contribution >= 0.6 is 11.3 Å². The number of thiophene rings is 1. The molecule has 0 atom stereocenters. The molecule has 0 spiro atoms. The molecule has 1 aromatic heterocycles. The summed E-state index contributed by atoms with van der Waals surface area (Å²) in [5.41, 5.74) is 1.63. The van der Waals surface area contributed by atoms with E-state index in [-0.39, 0.29) is 17.3 Å². The first-order chi connectivity index (χ1) is 15.5. The van der Waals surface area contributed by atoms with Crippen molar-refractivity contribution in [3.63, 3.8) is 0 Å². The minimum atomic E-state index is -0.637. The van der Waals surface area contributed by atoms with Crippen LogP contribution in [0.1, 0.15) is 16.1 Å². The van der Waals surface area contributed by atoms with E-state index in [9.17, 15) is 13.6 Å². The van der Waals surface area contributed by atoms with Crippen molar-refractivity contribution in [3.05, 3.63) is 70.4 Å². The van der Waals surface area contributed by atoms with E-state index in [0.717, 1.165) is 19.5 Å². The number of carbonyl (C=O) groups is 1. The van der Waals surface area contributed by atoms with Gasteiger partial charge in [0.25, 0.3) is 5.91 Å². The fourth-order valence-electron chi connectivity index (χ4n) is 3.70. The molecule has 1 amide bonds. The van der Waals surface area contributed by atoms with Gasteiger partial charge in [0.1, 0.15) is 5.82 Å². The van der Waals surface area contributed by atoms with E-state index < -0.39 is 11.6 Å². The summed E-state index contributed by atoms with van der Waals surface area (Å²) in [7, 11) is 1.39. The van der Waals surface area contributed by atoms with Crippen LogP contribution < -0.4 is 10.1 Å². The topological polar surface area (TPSA) is 45.9 Å². The van der Waals surface area contributed by atoms with Crippen LogP contribution in [0.3, 0.4) is 0 Å². The quantitative estimate of drug-likeness (QED) is 0.542. The lowest BCUT2D eigenvalue weighted by Crippen LogP contribution is -2.33. The lowest BCUT2D eigenvalue weighted by molar-refractivity contribution is 0.0771. The monoisotopic (exact) mass is 453 g/mol. The summed E-state index contributed by atoms with van der Waals surface area (Å²) in [5.74, 6) is -1.14. The lowest BCUT2D eigenvalue weighted by atomic mass is 10.0. The number of carbonyl (C=O) groups excluding carboxylic acids is 1. The van der Waals surface area contributed by atoms with E-state index >= 15 is 0 Å². The molecule has 164 valence electrons. The number of amides is 1. The van der Waals surface area contributed by atoms with Crippen LogP contribution in [-0.4, -0.2) is 44.1 Å². The average Bonchev–Trinajstić information content (AvgIpc) is 3.06. The Kier molecular flexibility index (Phi) is 6.49. The Morgan fingerprint density at radius 1 is 1.09 bits per heavy atom. The number of hydrogen-bond acceptors (Lipinski definition) is 4. The van der Waals surface area contributed by atoms with Gasteiger partial charge in [0.15, 0.2) is 11.6 Å². The van der Waals surface area contributed by atoms with Crippen molar-refractivity contribution in [3.8, 4) is 27.3 Å². The molecule has 1 N–H and O–H groups in total. The van der Waals surface area contributed by atoms with Crippen molar-refractivity contribution < 1.29 is 18.3 Å². The third-order valence-electron chi connectivity index (χ3n) is 5.36. The minimum Gasteiger partial charge on any atom is -0.494 e. The highest BCUT2D eigenvalue weighted by Crippen LogP contribution is 2.41. The first-order valence-electron chi connectivity index (χ1n) is 10.2.